The lowest BCUT2D eigenvalue weighted by Crippen LogP contribution is -2.57. The van der Waals surface area contributed by atoms with E-state index in [1.165, 1.54) is 23.5 Å². The molecule has 2 aliphatic rings. The Balaban J connectivity index is 0.00000192. The fourth-order valence-corrected chi connectivity index (χ4v) is 5.87. The Labute approximate surface area is 153 Å². The summed E-state index contributed by atoms with van der Waals surface area (Å²) in [4.78, 5) is 14.7. The Morgan fingerprint density at radius 3 is 2.48 bits per heavy atom. The van der Waals surface area contributed by atoms with Crippen molar-refractivity contribution in [3.8, 4) is 0 Å². The summed E-state index contributed by atoms with van der Waals surface area (Å²) in [6.07, 6.45) is 1.31. The fourth-order valence-electron chi connectivity index (χ4n) is 2.97. The van der Waals surface area contributed by atoms with E-state index in [-0.39, 0.29) is 24.4 Å². The summed E-state index contributed by atoms with van der Waals surface area (Å²) in [7, 11) is 0. The van der Waals surface area contributed by atoms with Gasteiger partial charge in [0.2, 0.25) is 0 Å². The molecule has 1 aromatic rings. The number of carbonyl (C=O) groups excluding carboxylic acids is 1. The molecule has 0 spiro atoms. The summed E-state index contributed by atoms with van der Waals surface area (Å²) in [6.45, 7) is 5.94. The number of carbonyl (C=O) groups is 1. The Kier molecular flexibility index (Phi) is 7.14. The number of nitrogens with zero attached hydrogens (tertiary/aromatic N) is 1. The van der Waals surface area contributed by atoms with Crippen LogP contribution in [0.4, 0.5) is 0 Å². The zero-order valence-electron chi connectivity index (χ0n) is 13.7. The molecule has 128 valence electrons. The molecule has 1 N–H and O–H groups in total. The third kappa shape index (κ3) is 4.38. The summed E-state index contributed by atoms with van der Waals surface area (Å²) in [6, 6.07) is 8.89. The second-order valence-electron chi connectivity index (χ2n) is 6.03. The first-order valence-electron chi connectivity index (χ1n) is 8.04. The van der Waals surface area contributed by atoms with Crippen LogP contribution in [0.25, 0.3) is 0 Å². The number of amides is 1. The molecule has 0 bridgehead atoms. The quantitative estimate of drug-likeness (QED) is 0.855. The van der Waals surface area contributed by atoms with Crippen molar-refractivity contribution in [2.24, 2.45) is 0 Å². The van der Waals surface area contributed by atoms with Gasteiger partial charge in [0, 0.05) is 30.7 Å². The summed E-state index contributed by atoms with van der Waals surface area (Å²) in [5, 5.41) is 3.42. The average molecular weight is 373 g/mol. The largest absolute Gasteiger partial charge is 0.333 e. The first kappa shape index (κ1) is 19.0. The predicted molar refractivity (Wildman–Crippen MR) is 104 cm³/mol. The van der Waals surface area contributed by atoms with Crippen molar-refractivity contribution in [3.05, 3.63) is 35.4 Å². The minimum absolute atomic E-state index is 0. The van der Waals surface area contributed by atoms with E-state index < -0.39 is 0 Å². The van der Waals surface area contributed by atoms with Crippen LogP contribution in [-0.2, 0) is 0 Å². The highest BCUT2D eigenvalue weighted by Gasteiger charge is 2.28. The molecule has 0 saturated carbocycles. The van der Waals surface area contributed by atoms with E-state index in [9.17, 15) is 4.79 Å². The van der Waals surface area contributed by atoms with Gasteiger partial charge in [-0.3, -0.25) is 4.79 Å². The highest BCUT2D eigenvalue weighted by atomic mass is 35.5. The van der Waals surface area contributed by atoms with Crippen molar-refractivity contribution in [1.29, 1.82) is 0 Å². The zero-order chi connectivity index (χ0) is 15.5. The van der Waals surface area contributed by atoms with E-state index in [4.69, 9.17) is 0 Å². The number of halogens is 1. The van der Waals surface area contributed by atoms with Crippen LogP contribution in [0.3, 0.4) is 0 Å². The topological polar surface area (TPSA) is 32.3 Å². The van der Waals surface area contributed by atoms with Crippen molar-refractivity contribution in [3.63, 3.8) is 0 Å². The minimum atomic E-state index is 0. The van der Waals surface area contributed by atoms with E-state index in [2.05, 4.69) is 31.3 Å². The molecule has 0 aliphatic carbocycles. The van der Waals surface area contributed by atoms with Crippen LogP contribution in [0.5, 0.6) is 0 Å². The SMILES string of the molecule is CC1NCCN(C(=O)c2ccc(C3SCCCS3)cc2)C1C.Cl. The Morgan fingerprint density at radius 2 is 1.83 bits per heavy atom. The van der Waals surface area contributed by atoms with Crippen LogP contribution in [0.15, 0.2) is 24.3 Å². The molecule has 23 heavy (non-hydrogen) atoms. The van der Waals surface area contributed by atoms with E-state index in [1.54, 1.807) is 0 Å². The molecule has 2 fully saturated rings. The van der Waals surface area contributed by atoms with Crippen molar-refractivity contribution >= 4 is 41.8 Å². The van der Waals surface area contributed by atoms with Gasteiger partial charge in [-0.15, -0.1) is 35.9 Å². The van der Waals surface area contributed by atoms with Gasteiger partial charge in [0.15, 0.2) is 0 Å². The summed E-state index contributed by atoms with van der Waals surface area (Å²) in [5.74, 6) is 2.65. The molecule has 2 aliphatic heterocycles. The molecular formula is C17H25ClN2OS2. The number of thioether (sulfide) groups is 2. The second-order valence-corrected chi connectivity index (χ2v) is 8.76. The molecule has 3 rings (SSSR count). The molecule has 0 aromatic heterocycles. The highest BCUT2D eigenvalue weighted by molar-refractivity contribution is 8.16. The van der Waals surface area contributed by atoms with Gasteiger partial charge in [-0.25, -0.2) is 0 Å². The predicted octanol–water partition coefficient (Wildman–Crippen LogP) is 3.80. The van der Waals surface area contributed by atoms with E-state index in [1.807, 2.05) is 40.6 Å². The van der Waals surface area contributed by atoms with Gasteiger partial charge in [-0.05, 0) is 49.5 Å². The fraction of sp³-hybridized carbons (Fsp3) is 0.588. The third-order valence-electron chi connectivity index (χ3n) is 4.55. The first-order chi connectivity index (χ1) is 10.7. The molecule has 6 heteroatoms. The van der Waals surface area contributed by atoms with Crippen LogP contribution in [0.2, 0.25) is 0 Å². The van der Waals surface area contributed by atoms with Gasteiger partial charge in [0.1, 0.15) is 0 Å². The van der Waals surface area contributed by atoms with Crippen molar-refractivity contribution in [1.82, 2.24) is 10.2 Å². The standard InChI is InChI=1S/C17H24N2OS2.ClH/c1-12-13(2)19(9-8-18-12)16(20)14-4-6-15(7-5-14)17-21-10-3-11-22-17;/h4-7,12-13,17-18H,3,8-11H2,1-2H3;1H. The average Bonchev–Trinajstić information content (AvgIpc) is 2.58. The summed E-state index contributed by atoms with van der Waals surface area (Å²) in [5.41, 5.74) is 2.16. The Hall–Kier alpha value is -0.360. The van der Waals surface area contributed by atoms with Gasteiger partial charge in [0.25, 0.3) is 5.91 Å². The number of nitrogens with one attached hydrogen (secondary N) is 1. The molecule has 1 aromatic carbocycles. The maximum atomic E-state index is 12.7. The number of hydrogen-bond acceptors (Lipinski definition) is 4. The van der Waals surface area contributed by atoms with Gasteiger partial charge >= 0.3 is 0 Å². The van der Waals surface area contributed by atoms with E-state index in [0.717, 1.165) is 18.7 Å². The number of benzene rings is 1. The van der Waals surface area contributed by atoms with Crippen LogP contribution in [0.1, 0.15) is 40.8 Å². The number of rotatable bonds is 2. The summed E-state index contributed by atoms with van der Waals surface area (Å²) < 4.78 is 0.538. The summed E-state index contributed by atoms with van der Waals surface area (Å²) >= 11 is 4.04. The Bertz CT molecular complexity index is 520. The lowest BCUT2D eigenvalue weighted by Gasteiger charge is -2.38. The maximum Gasteiger partial charge on any atom is 0.254 e. The molecule has 0 radical (unpaired) electrons. The molecule has 2 atom stereocenters. The smallest absolute Gasteiger partial charge is 0.254 e. The molecule has 2 unspecified atom stereocenters. The van der Waals surface area contributed by atoms with Crippen LogP contribution >= 0.6 is 35.9 Å². The van der Waals surface area contributed by atoms with Crippen molar-refractivity contribution in [2.45, 2.75) is 36.9 Å². The van der Waals surface area contributed by atoms with Crippen LogP contribution < -0.4 is 5.32 Å². The molecule has 2 saturated heterocycles. The lowest BCUT2D eigenvalue weighted by atomic mass is 10.0. The first-order valence-corrected chi connectivity index (χ1v) is 10.1. The maximum absolute atomic E-state index is 12.7. The van der Waals surface area contributed by atoms with Crippen LogP contribution in [-0.4, -0.2) is 47.5 Å². The van der Waals surface area contributed by atoms with Gasteiger partial charge in [-0.2, -0.15) is 0 Å². The number of piperazine rings is 1. The van der Waals surface area contributed by atoms with E-state index in [0.29, 0.717) is 10.6 Å². The molecule has 2 heterocycles. The van der Waals surface area contributed by atoms with Crippen molar-refractivity contribution in [2.75, 3.05) is 24.6 Å². The number of hydrogen-bond donors (Lipinski definition) is 1. The second kappa shape index (κ2) is 8.65. The van der Waals surface area contributed by atoms with Gasteiger partial charge in [0.05, 0.1) is 4.58 Å². The van der Waals surface area contributed by atoms with Gasteiger partial charge < -0.3 is 10.2 Å². The Morgan fingerprint density at radius 1 is 1.17 bits per heavy atom. The lowest BCUT2D eigenvalue weighted by molar-refractivity contribution is 0.0603. The molecule has 1 amide bonds. The zero-order valence-corrected chi connectivity index (χ0v) is 16.1. The van der Waals surface area contributed by atoms with E-state index >= 15 is 0 Å². The van der Waals surface area contributed by atoms with Crippen molar-refractivity contribution < 1.29 is 4.79 Å². The normalized spacial score (nSPS) is 25.7. The monoisotopic (exact) mass is 372 g/mol. The van der Waals surface area contributed by atoms with Crippen LogP contribution in [0, 0.1) is 0 Å². The molecule has 3 nitrogen and oxygen atoms in total. The molecular weight excluding hydrogens is 348 g/mol. The van der Waals surface area contributed by atoms with Gasteiger partial charge in [-0.1, -0.05) is 12.1 Å². The highest BCUT2D eigenvalue weighted by Crippen LogP contribution is 2.43. The third-order valence-corrected chi connectivity index (χ3v) is 7.57. The minimum Gasteiger partial charge on any atom is -0.333 e.